The highest BCUT2D eigenvalue weighted by atomic mass is 16.2. The van der Waals surface area contributed by atoms with Crippen molar-refractivity contribution in [1.82, 2.24) is 15.2 Å². The Kier molecular flexibility index (Phi) is 7.37. The summed E-state index contributed by atoms with van der Waals surface area (Å²) in [5, 5.41) is 3.14. The summed E-state index contributed by atoms with van der Waals surface area (Å²) < 4.78 is 0. The van der Waals surface area contributed by atoms with Gasteiger partial charge < -0.3 is 10.2 Å². The standard InChI is InChI=1S/C27H37N3O2/c1-20(2)29-25(32)27(12-7-15-30(19-27)24(31)18-26(3,4)5)17-21-8-6-9-23(16-21)22-10-13-28-14-11-22/h6,8-11,13-14,16,20H,7,12,15,17-19H2,1-5H3,(H,29,32)/t27-/m1/s1. The van der Waals surface area contributed by atoms with Crippen LogP contribution in [0.1, 0.15) is 59.4 Å². The Bertz CT molecular complexity index is 933. The van der Waals surface area contributed by atoms with Gasteiger partial charge in [-0.05, 0) is 67.3 Å². The average molecular weight is 436 g/mol. The highest BCUT2D eigenvalue weighted by Crippen LogP contribution is 2.36. The molecule has 0 bridgehead atoms. The second-order valence-electron chi connectivity index (χ2n) is 10.7. The van der Waals surface area contributed by atoms with Crippen LogP contribution in [0.2, 0.25) is 0 Å². The molecular weight excluding hydrogens is 398 g/mol. The molecular formula is C27H37N3O2. The van der Waals surface area contributed by atoms with E-state index in [4.69, 9.17) is 0 Å². The van der Waals surface area contributed by atoms with Gasteiger partial charge in [-0.2, -0.15) is 0 Å². The number of carbonyl (C=O) groups excluding carboxylic acids is 2. The number of nitrogens with one attached hydrogen (secondary N) is 1. The molecule has 1 aromatic carbocycles. The van der Waals surface area contributed by atoms with Crippen molar-refractivity contribution in [2.24, 2.45) is 10.8 Å². The zero-order valence-corrected chi connectivity index (χ0v) is 20.1. The van der Waals surface area contributed by atoms with Crippen LogP contribution < -0.4 is 5.32 Å². The van der Waals surface area contributed by atoms with E-state index in [9.17, 15) is 9.59 Å². The highest BCUT2D eigenvalue weighted by Gasteiger charge is 2.44. The molecule has 1 fully saturated rings. The molecule has 5 nitrogen and oxygen atoms in total. The van der Waals surface area contributed by atoms with Gasteiger partial charge in [-0.15, -0.1) is 0 Å². The number of rotatable bonds is 6. The number of benzene rings is 1. The maximum atomic E-state index is 13.5. The van der Waals surface area contributed by atoms with E-state index in [1.54, 1.807) is 12.4 Å². The average Bonchev–Trinajstić information content (AvgIpc) is 2.73. The summed E-state index contributed by atoms with van der Waals surface area (Å²) in [6, 6.07) is 12.4. The normalized spacial score (nSPS) is 19.1. The summed E-state index contributed by atoms with van der Waals surface area (Å²) in [6.45, 7) is 11.4. The fourth-order valence-electron chi connectivity index (χ4n) is 4.53. The van der Waals surface area contributed by atoms with Crippen LogP contribution in [0, 0.1) is 10.8 Å². The van der Waals surface area contributed by atoms with Crippen LogP contribution >= 0.6 is 0 Å². The van der Waals surface area contributed by atoms with Gasteiger partial charge >= 0.3 is 0 Å². The first-order valence-corrected chi connectivity index (χ1v) is 11.7. The summed E-state index contributed by atoms with van der Waals surface area (Å²) in [6.07, 6.45) is 6.31. The Hall–Kier alpha value is -2.69. The first kappa shape index (κ1) is 24.0. The quantitative estimate of drug-likeness (QED) is 0.705. The van der Waals surface area contributed by atoms with Crippen molar-refractivity contribution >= 4 is 11.8 Å². The van der Waals surface area contributed by atoms with Gasteiger partial charge in [-0.1, -0.05) is 45.0 Å². The molecule has 1 atom stereocenters. The van der Waals surface area contributed by atoms with Gasteiger partial charge in [0.2, 0.25) is 11.8 Å². The van der Waals surface area contributed by atoms with E-state index in [0.717, 1.165) is 36.1 Å². The minimum absolute atomic E-state index is 0.0510. The van der Waals surface area contributed by atoms with Crippen molar-refractivity contribution in [3.8, 4) is 11.1 Å². The summed E-state index contributed by atoms with van der Waals surface area (Å²) in [5.74, 6) is 0.194. The van der Waals surface area contributed by atoms with Crippen molar-refractivity contribution in [1.29, 1.82) is 0 Å². The SMILES string of the molecule is CC(C)NC(=O)[C@@]1(Cc2cccc(-c3ccncc3)c2)CCCN(C(=O)CC(C)(C)C)C1. The smallest absolute Gasteiger partial charge is 0.228 e. The monoisotopic (exact) mass is 435 g/mol. The maximum absolute atomic E-state index is 13.5. The van der Waals surface area contributed by atoms with Crippen molar-refractivity contribution in [3.05, 3.63) is 54.4 Å². The van der Waals surface area contributed by atoms with Crippen LogP contribution in [-0.4, -0.2) is 40.8 Å². The number of nitrogens with zero attached hydrogens (tertiary/aromatic N) is 2. The fourth-order valence-corrected chi connectivity index (χ4v) is 4.53. The van der Waals surface area contributed by atoms with Gasteiger partial charge in [0.15, 0.2) is 0 Å². The largest absolute Gasteiger partial charge is 0.353 e. The van der Waals surface area contributed by atoms with Gasteiger partial charge in [0.05, 0.1) is 5.41 Å². The minimum Gasteiger partial charge on any atom is -0.353 e. The molecule has 1 aliphatic heterocycles. The summed E-state index contributed by atoms with van der Waals surface area (Å²) in [5.41, 5.74) is 2.64. The second-order valence-corrected chi connectivity index (χ2v) is 10.7. The van der Waals surface area contributed by atoms with Crippen LogP contribution in [0.5, 0.6) is 0 Å². The molecule has 0 aliphatic carbocycles. The molecule has 1 saturated heterocycles. The topological polar surface area (TPSA) is 62.3 Å². The number of aromatic nitrogens is 1. The van der Waals surface area contributed by atoms with E-state index >= 15 is 0 Å². The summed E-state index contributed by atoms with van der Waals surface area (Å²) >= 11 is 0. The molecule has 172 valence electrons. The summed E-state index contributed by atoms with van der Waals surface area (Å²) in [4.78, 5) is 32.5. The molecule has 1 N–H and O–H groups in total. The van der Waals surface area contributed by atoms with E-state index in [-0.39, 0.29) is 23.3 Å². The molecule has 1 aromatic heterocycles. The maximum Gasteiger partial charge on any atom is 0.228 e. The number of carbonyl (C=O) groups is 2. The zero-order valence-electron chi connectivity index (χ0n) is 20.1. The van der Waals surface area contributed by atoms with Crippen molar-refractivity contribution in [2.45, 2.75) is 66.3 Å². The van der Waals surface area contributed by atoms with Crippen LogP contribution in [0.25, 0.3) is 11.1 Å². The van der Waals surface area contributed by atoms with Gasteiger partial charge in [0.1, 0.15) is 0 Å². The third kappa shape index (κ3) is 6.18. The van der Waals surface area contributed by atoms with E-state index in [1.807, 2.05) is 36.9 Å². The highest BCUT2D eigenvalue weighted by molar-refractivity contribution is 5.85. The minimum atomic E-state index is -0.618. The number of hydrogen-bond acceptors (Lipinski definition) is 3. The van der Waals surface area contributed by atoms with Crippen LogP contribution in [-0.2, 0) is 16.0 Å². The number of piperidine rings is 1. The Morgan fingerprint density at radius 3 is 2.50 bits per heavy atom. The molecule has 2 amide bonds. The Labute approximate surface area is 192 Å². The predicted molar refractivity (Wildman–Crippen MR) is 129 cm³/mol. The molecule has 0 spiro atoms. The lowest BCUT2D eigenvalue weighted by Gasteiger charge is -2.43. The van der Waals surface area contributed by atoms with Gasteiger partial charge in [0, 0.05) is 37.9 Å². The second kappa shape index (κ2) is 9.85. The van der Waals surface area contributed by atoms with E-state index in [0.29, 0.717) is 19.4 Å². The third-order valence-electron chi connectivity index (χ3n) is 6.00. The first-order chi connectivity index (χ1) is 15.1. The number of amides is 2. The van der Waals surface area contributed by atoms with E-state index in [1.165, 1.54) is 0 Å². The predicted octanol–water partition coefficient (Wildman–Crippen LogP) is 4.86. The van der Waals surface area contributed by atoms with Crippen LogP contribution in [0.15, 0.2) is 48.8 Å². The number of likely N-dealkylation sites (tertiary alicyclic amines) is 1. The molecule has 5 heteroatoms. The van der Waals surface area contributed by atoms with Crippen molar-refractivity contribution in [2.75, 3.05) is 13.1 Å². The van der Waals surface area contributed by atoms with Gasteiger partial charge in [-0.25, -0.2) is 0 Å². The van der Waals surface area contributed by atoms with Crippen LogP contribution in [0.4, 0.5) is 0 Å². The molecule has 0 unspecified atom stereocenters. The number of pyridine rings is 1. The van der Waals surface area contributed by atoms with E-state index < -0.39 is 5.41 Å². The van der Waals surface area contributed by atoms with E-state index in [2.05, 4.69) is 49.3 Å². The van der Waals surface area contributed by atoms with Gasteiger partial charge in [-0.3, -0.25) is 14.6 Å². The molecule has 32 heavy (non-hydrogen) atoms. The molecule has 1 aliphatic rings. The zero-order chi connectivity index (χ0) is 23.4. The van der Waals surface area contributed by atoms with Crippen molar-refractivity contribution < 1.29 is 9.59 Å². The van der Waals surface area contributed by atoms with Crippen molar-refractivity contribution in [3.63, 3.8) is 0 Å². The lowest BCUT2D eigenvalue weighted by atomic mass is 9.73. The molecule has 2 aromatic rings. The molecule has 0 radical (unpaired) electrons. The third-order valence-corrected chi connectivity index (χ3v) is 6.00. The first-order valence-electron chi connectivity index (χ1n) is 11.7. The number of hydrogen-bond donors (Lipinski definition) is 1. The Balaban J connectivity index is 1.89. The fraction of sp³-hybridized carbons (Fsp3) is 0.519. The van der Waals surface area contributed by atoms with Gasteiger partial charge in [0.25, 0.3) is 0 Å². The Morgan fingerprint density at radius 1 is 1.12 bits per heavy atom. The molecule has 3 rings (SSSR count). The lowest BCUT2D eigenvalue weighted by Crippen LogP contribution is -2.55. The lowest BCUT2D eigenvalue weighted by molar-refractivity contribution is -0.143. The summed E-state index contributed by atoms with van der Waals surface area (Å²) in [7, 11) is 0. The molecule has 2 heterocycles. The Morgan fingerprint density at radius 2 is 1.84 bits per heavy atom. The van der Waals surface area contributed by atoms with Crippen LogP contribution in [0.3, 0.4) is 0 Å². The molecule has 0 saturated carbocycles.